The molecule has 0 fully saturated rings. The van der Waals surface area contributed by atoms with Gasteiger partial charge >= 0.3 is 5.97 Å². The van der Waals surface area contributed by atoms with Crippen LogP contribution in [0.4, 0.5) is 0 Å². The molecule has 22 heavy (non-hydrogen) atoms. The van der Waals surface area contributed by atoms with E-state index in [0.717, 1.165) is 12.8 Å². The first-order valence-electron chi connectivity index (χ1n) is 9.82. The maximum Gasteiger partial charge on any atom is 0.303 e. The van der Waals surface area contributed by atoms with E-state index in [1.54, 1.807) is 0 Å². The molecule has 0 spiro atoms. The summed E-state index contributed by atoms with van der Waals surface area (Å²) in [5.41, 5.74) is 0. The molecule has 0 aromatic carbocycles. The molecule has 2 heteroatoms. The highest BCUT2D eigenvalue weighted by Gasteiger charge is 1.94. The van der Waals surface area contributed by atoms with Crippen LogP contribution in [-0.4, -0.2) is 11.1 Å². The summed E-state index contributed by atoms with van der Waals surface area (Å²) in [5, 5.41) is 8.27. The molecule has 0 saturated carbocycles. The molecule has 0 aliphatic heterocycles. The van der Waals surface area contributed by atoms with Gasteiger partial charge in [-0.15, -0.1) is 0 Å². The number of carboxylic acids is 1. The van der Waals surface area contributed by atoms with Crippen LogP contribution >= 0.6 is 0 Å². The minimum atomic E-state index is -0.670. The standard InChI is InChI=1S/C8H16O2.2C6H14/c1-2-3-4-5-6-7-8(9)10;2*1-3-5-6-4-2/h2-7H2,1H3,(H,9,10);2*3-6H2,1-2H3. The van der Waals surface area contributed by atoms with Gasteiger partial charge in [0.25, 0.3) is 0 Å². The van der Waals surface area contributed by atoms with Gasteiger partial charge in [-0.3, -0.25) is 4.79 Å². The van der Waals surface area contributed by atoms with Gasteiger partial charge in [0.2, 0.25) is 0 Å². The van der Waals surface area contributed by atoms with Crippen LogP contribution in [0.1, 0.15) is 125 Å². The van der Waals surface area contributed by atoms with Crippen LogP contribution in [0, 0.1) is 0 Å². The van der Waals surface area contributed by atoms with E-state index in [1.165, 1.54) is 70.6 Å². The van der Waals surface area contributed by atoms with Gasteiger partial charge in [0.1, 0.15) is 0 Å². The van der Waals surface area contributed by atoms with Crippen molar-refractivity contribution in [2.24, 2.45) is 0 Å². The fraction of sp³-hybridized carbons (Fsp3) is 0.950. The first-order valence-corrected chi connectivity index (χ1v) is 9.82. The second-order valence-electron chi connectivity index (χ2n) is 5.97. The Morgan fingerprint density at radius 3 is 1.09 bits per heavy atom. The summed E-state index contributed by atoms with van der Waals surface area (Å²) >= 11 is 0. The van der Waals surface area contributed by atoms with E-state index in [-0.39, 0.29) is 0 Å². The summed E-state index contributed by atoms with van der Waals surface area (Å²) in [5.74, 6) is -0.670. The number of hydrogen-bond acceptors (Lipinski definition) is 1. The van der Waals surface area contributed by atoms with Crippen LogP contribution in [-0.2, 0) is 4.79 Å². The number of carboxylic acid groups (broad SMARTS) is 1. The van der Waals surface area contributed by atoms with Crippen LogP contribution in [0.2, 0.25) is 0 Å². The van der Waals surface area contributed by atoms with Gasteiger partial charge in [0, 0.05) is 6.42 Å². The zero-order valence-electron chi connectivity index (χ0n) is 16.3. The van der Waals surface area contributed by atoms with Gasteiger partial charge in [0.05, 0.1) is 0 Å². The zero-order chi connectivity index (χ0) is 17.5. The second kappa shape index (κ2) is 28.6. The third-order valence-electron chi connectivity index (χ3n) is 3.41. The average Bonchev–Trinajstić information content (AvgIpc) is 2.51. The van der Waals surface area contributed by atoms with Gasteiger partial charge in [-0.1, -0.05) is 112 Å². The van der Waals surface area contributed by atoms with E-state index >= 15 is 0 Å². The number of carbonyl (C=O) groups is 1. The second-order valence-corrected chi connectivity index (χ2v) is 5.97. The molecule has 0 unspecified atom stereocenters. The zero-order valence-corrected chi connectivity index (χ0v) is 16.3. The van der Waals surface area contributed by atoms with E-state index in [1.807, 2.05) is 0 Å². The number of unbranched alkanes of at least 4 members (excludes halogenated alkanes) is 10. The highest BCUT2D eigenvalue weighted by atomic mass is 16.4. The van der Waals surface area contributed by atoms with Gasteiger partial charge in [-0.25, -0.2) is 0 Å². The molecule has 1 N–H and O–H groups in total. The largest absolute Gasteiger partial charge is 0.481 e. The Morgan fingerprint density at radius 2 is 0.818 bits per heavy atom. The van der Waals surface area contributed by atoms with Crippen molar-refractivity contribution in [3.63, 3.8) is 0 Å². The van der Waals surface area contributed by atoms with Crippen molar-refractivity contribution in [1.29, 1.82) is 0 Å². The minimum Gasteiger partial charge on any atom is -0.481 e. The Balaban J connectivity index is -0.000000261. The number of hydrogen-bond donors (Lipinski definition) is 1. The summed E-state index contributed by atoms with van der Waals surface area (Å²) in [6.07, 6.45) is 17.0. The van der Waals surface area contributed by atoms with Crippen molar-refractivity contribution in [3.05, 3.63) is 0 Å². The van der Waals surface area contributed by atoms with E-state index in [4.69, 9.17) is 5.11 Å². The molecule has 0 bridgehead atoms. The van der Waals surface area contributed by atoms with Crippen LogP contribution in [0.25, 0.3) is 0 Å². The molecule has 0 aromatic rings. The summed E-state index contributed by atoms with van der Waals surface area (Å²) in [6, 6.07) is 0. The minimum absolute atomic E-state index is 0.337. The molecule has 0 heterocycles. The lowest BCUT2D eigenvalue weighted by atomic mass is 10.1. The lowest BCUT2D eigenvalue weighted by Gasteiger charge is -1.95. The lowest BCUT2D eigenvalue weighted by molar-refractivity contribution is -0.137. The topological polar surface area (TPSA) is 37.3 Å². The first-order chi connectivity index (χ1) is 10.6. The third kappa shape index (κ3) is 42.7. The van der Waals surface area contributed by atoms with Crippen LogP contribution < -0.4 is 0 Å². The van der Waals surface area contributed by atoms with E-state index < -0.39 is 5.97 Å². The van der Waals surface area contributed by atoms with Crippen molar-refractivity contribution >= 4 is 5.97 Å². The van der Waals surface area contributed by atoms with Crippen molar-refractivity contribution in [3.8, 4) is 0 Å². The third-order valence-corrected chi connectivity index (χ3v) is 3.41. The van der Waals surface area contributed by atoms with Crippen molar-refractivity contribution < 1.29 is 9.90 Å². The predicted molar refractivity (Wildman–Crippen MR) is 101 cm³/mol. The summed E-state index contributed by atoms with van der Waals surface area (Å²) in [6.45, 7) is 11.1. The molecule has 0 aliphatic carbocycles. The molecule has 0 atom stereocenters. The van der Waals surface area contributed by atoms with E-state index in [2.05, 4.69) is 34.6 Å². The Hall–Kier alpha value is -0.530. The fourth-order valence-electron chi connectivity index (χ4n) is 1.88. The quantitative estimate of drug-likeness (QED) is 0.376. The van der Waals surface area contributed by atoms with Crippen LogP contribution in [0.5, 0.6) is 0 Å². The van der Waals surface area contributed by atoms with Crippen molar-refractivity contribution in [1.82, 2.24) is 0 Å². The van der Waals surface area contributed by atoms with E-state index in [0.29, 0.717) is 6.42 Å². The highest BCUT2D eigenvalue weighted by molar-refractivity contribution is 5.66. The molecular weight excluding hydrogens is 272 g/mol. The summed E-state index contributed by atoms with van der Waals surface area (Å²) in [4.78, 5) is 10.0. The Morgan fingerprint density at radius 1 is 0.545 bits per heavy atom. The molecular formula is C20H44O2. The van der Waals surface area contributed by atoms with Crippen molar-refractivity contribution in [2.75, 3.05) is 0 Å². The summed E-state index contributed by atoms with van der Waals surface area (Å²) < 4.78 is 0. The molecule has 136 valence electrons. The molecule has 0 amide bonds. The summed E-state index contributed by atoms with van der Waals surface area (Å²) in [7, 11) is 0. The Kier molecular flexibility index (Phi) is 34.3. The van der Waals surface area contributed by atoms with E-state index in [9.17, 15) is 4.79 Å². The van der Waals surface area contributed by atoms with Crippen molar-refractivity contribution in [2.45, 2.75) is 125 Å². The fourth-order valence-corrected chi connectivity index (χ4v) is 1.88. The van der Waals surface area contributed by atoms with Gasteiger partial charge in [-0.2, -0.15) is 0 Å². The molecule has 0 saturated heterocycles. The molecule has 2 nitrogen and oxygen atoms in total. The van der Waals surface area contributed by atoms with Gasteiger partial charge in [-0.05, 0) is 6.42 Å². The predicted octanol–water partition coefficient (Wildman–Crippen LogP) is 7.60. The number of aliphatic carboxylic acids is 1. The monoisotopic (exact) mass is 316 g/mol. The van der Waals surface area contributed by atoms with Crippen LogP contribution in [0.3, 0.4) is 0 Å². The highest BCUT2D eigenvalue weighted by Crippen LogP contribution is 2.04. The number of rotatable bonds is 12. The maximum absolute atomic E-state index is 10.0. The molecule has 0 aliphatic rings. The Bertz CT molecular complexity index is 163. The van der Waals surface area contributed by atoms with Gasteiger partial charge in [0.15, 0.2) is 0 Å². The molecule has 0 radical (unpaired) electrons. The molecule has 0 rings (SSSR count). The average molecular weight is 317 g/mol. The lowest BCUT2D eigenvalue weighted by Crippen LogP contribution is -1.93. The smallest absolute Gasteiger partial charge is 0.303 e. The first kappa shape index (κ1) is 26.4. The SMILES string of the molecule is CCCCCC.CCCCCC.CCCCCCCC(=O)O. The maximum atomic E-state index is 10.0. The Labute approximate surface area is 141 Å². The normalized spacial score (nSPS) is 9.32. The van der Waals surface area contributed by atoms with Crippen LogP contribution in [0.15, 0.2) is 0 Å². The van der Waals surface area contributed by atoms with Gasteiger partial charge < -0.3 is 5.11 Å². The molecule has 0 aromatic heterocycles.